The molecule has 0 aliphatic heterocycles. The van der Waals surface area contributed by atoms with Gasteiger partial charge in [-0.05, 0) is 48.9 Å². The molecule has 4 saturated carbocycles. The van der Waals surface area contributed by atoms with Crippen molar-refractivity contribution in [2.45, 2.75) is 64.9 Å². The van der Waals surface area contributed by atoms with Crippen LogP contribution in [0, 0.1) is 23.2 Å². The van der Waals surface area contributed by atoms with Gasteiger partial charge in [0.15, 0.2) is 0 Å². The van der Waals surface area contributed by atoms with E-state index in [9.17, 15) is 0 Å². The highest BCUT2D eigenvalue weighted by Crippen LogP contribution is 2.80. The molecule has 4 fully saturated rings. The van der Waals surface area contributed by atoms with Crippen molar-refractivity contribution in [1.82, 2.24) is 0 Å². The zero-order chi connectivity index (χ0) is 11.2. The average Bonchev–Trinajstić information content (AvgIpc) is 2.68. The van der Waals surface area contributed by atoms with Crippen LogP contribution in [-0.2, 0) is 4.74 Å². The lowest BCUT2D eigenvalue weighted by Gasteiger charge is -2.15. The highest BCUT2D eigenvalue weighted by Gasteiger charge is 2.77. The fourth-order valence-electron chi connectivity index (χ4n) is 4.91. The van der Waals surface area contributed by atoms with Crippen LogP contribution in [0.15, 0.2) is 0 Å². The van der Waals surface area contributed by atoms with Gasteiger partial charge in [0, 0.05) is 6.61 Å². The van der Waals surface area contributed by atoms with Crippen LogP contribution < -0.4 is 0 Å². The van der Waals surface area contributed by atoms with Crippen LogP contribution in [0.1, 0.15) is 58.8 Å². The average molecular weight is 222 g/mol. The van der Waals surface area contributed by atoms with E-state index in [2.05, 4.69) is 13.8 Å². The van der Waals surface area contributed by atoms with Crippen molar-refractivity contribution >= 4 is 0 Å². The summed E-state index contributed by atoms with van der Waals surface area (Å²) in [6.07, 6.45) is 10.4. The second-order valence-corrected chi connectivity index (χ2v) is 6.31. The Labute approximate surface area is 99.9 Å². The molecule has 5 atom stereocenters. The number of rotatable bonds is 7. The van der Waals surface area contributed by atoms with E-state index in [1.54, 1.807) is 0 Å². The van der Waals surface area contributed by atoms with E-state index in [4.69, 9.17) is 4.74 Å². The van der Waals surface area contributed by atoms with E-state index >= 15 is 0 Å². The topological polar surface area (TPSA) is 9.23 Å². The van der Waals surface area contributed by atoms with Crippen molar-refractivity contribution in [2.75, 3.05) is 6.61 Å². The summed E-state index contributed by atoms with van der Waals surface area (Å²) in [6, 6.07) is 0. The zero-order valence-electron chi connectivity index (χ0n) is 10.9. The normalized spacial score (nSPS) is 47.6. The molecular weight excluding hydrogens is 196 g/mol. The zero-order valence-corrected chi connectivity index (χ0v) is 10.9. The standard InChI is InChI=1S/C15H26O/c1-3-5-6-7-8-16-14-11-9-12-13(14)15(12,4-2)10-11/h11-14H,3-10H2,1-2H3. The number of hydrogen-bond acceptors (Lipinski definition) is 1. The Morgan fingerprint density at radius 2 is 2.06 bits per heavy atom. The molecular formula is C15H26O. The molecule has 4 rings (SSSR count). The van der Waals surface area contributed by atoms with Crippen molar-refractivity contribution in [1.29, 1.82) is 0 Å². The minimum Gasteiger partial charge on any atom is -0.378 e. The molecule has 4 aliphatic carbocycles. The van der Waals surface area contributed by atoms with Crippen LogP contribution in [0.25, 0.3) is 0 Å². The highest BCUT2D eigenvalue weighted by atomic mass is 16.5. The first-order chi connectivity index (χ1) is 7.83. The largest absolute Gasteiger partial charge is 0.378 e. The summed E-state index contributed by atoms with van der Waals surface area (Å²) in [6.45, 7) is 5.69. The van der Waals surface area contributed by atoms with E-state index in [0.717, 1.165) is 29.8 Å². The number of hydrogen-bond donors (Lipinski definition) is 0. The lowest BCUT2D eigenvalue weighted by Crippen LogP contribution is -2.17. The molecule has 5 unspecified atom stereocenters. The quantitative estimate of drug-likeness (QED) is 0.591. The van der Waals surface area contributed by atoms with Crippen LogP contribution >= 0.6 is 0 Å². The molecule has 4 aliphatic rings. The third-order valence-corrected chi connectivity index (χ3v) is 5.71. The maximum Gasteiger partial charge on any atom is 0.0639 e. The van der Waals surface area contributed by atoms with E-state index in [1.165, 1.54) is 44.9 Å². The Kier molecular flexibility index (Phi) is 2.78. The Hall–Kier alpha value is -0.0400. The molecule has 0 radical (unpaired) electrons. The van der Waals surface area contributed by atoms with Gasteiger partial charge in [-0.25, -0.2) is 0 Å². The van der Waals surface area contributed by atoms with E-state index in [0.29, 0.717) is 6.10 Å². The van der Waals surface area contributed by atoms with E-state index < -0.39 is 0 Å². The molecule has 92 valence electrons. The Morgan fingerprint density at radius 3 is 2.69 bits per heavy atom. The molecule has 0 saturated heterocycles. The van der Waals surface area contributed by atoms with Gasteiger partial charge < -0.3 is 4.74 Å². The number of unbranched alkanes of at least 4 members (excludes halogenated alkanes) is 3. The van der Waals surface area contributed by atoms with Gasteiger partial charge in [-0.3, -0.25) is 0 Å². The van der Waals surface area contributed by atoms with Crippen molar-refractivity contribution in [3.63, 3.8) is 0 Å². The number of ether oxygens (including phenoxy) is 1. The summed E-state index contributed by atoms with van der Waals surface area (Å²) in [5.74, 6) is 3.00. The molecule has 1 nitrogen and oxygen atoms in total. The van der Waals surface area contributed by atoms with Gasteiger partial charge in [-0.2, -0.15) is 0 Å². The molecule has 1 heteroatoms. The summed E-state index contributed by atoms with van der Waals surface area (Å²) in [5, 5.41) is 0. The Balaban J connectivity index is 1.42. The Morgan fingerprint density at radius 1 is 1.19 bits per heavy atom. The van der Waals surface area contributed by atoms with Crippen LogP contribution in [0.3, 0.4) is 0 Å². The fraction of sp³-hybridized carbons (Fsp3) is 1.00. The minimum absolute atomic E-state index is 0.673. The molecule has 0 aromatic heterocycles. The third kappa shape index (κ3) is 1.40. The van der Waals surface area contributed by atoms with Gasteiger partial charge in [0.1, 0.15) is 0 Å². The predicted octanol–water partition coefficient (Wildman–Crippen LogP) is 4.02. The Bertz CT molecular complexity index is 262. The van der Waals surface area contributed by atoms with E-state index in [-0.39, 0.29) is 0 Å². The molecule has 0 aromatic rings. The fourth-order valence-corrected chi connectivity index (χ4v) is 4.91. The maximum atomic E-state index is 6.18. The smallest absolute Gasteiger partial charge is 0.0639 e. The first-order valence-corrected chi connectivity index (χ1v) is 7.45. The van der Waals surface area contributed by atoms with Crippen molar-refractivity contribution in [3.8, 4) is 0 Å². The molecule has 16 heavy (non-hydrogen) atoms. The summed E-state index contributed by atoms with van der Waals surface area (Å²) >= 11 is 0. The van der Waals surface area contributed by atoms with Gasteiger partial charge in [-0.1, -0.05) is 33.1 Å². The molecule has 0 spiro atoms. The van der Waals surface area contributed by atoms with Crippen molar-refractivity contribution in [2.24, 2.45) is 23.2 Å². The summed E-state index contributed by atoms with van der Waals surface area (Å²) < 4.78 is 6.18. The predicted molar refractivity (Wildman–Crippen MR) is 66.3 cm³/mol. The van der Waals surface area contributed by atoms with Crippen molar-refractivity contribution in [3.05, 3.63) is 0 Å². The van der Waals surface area contributed by atoms with E-state index in [1.807, 2.05) is 0 Å². The highest BCUT2D eigenvalue weighted by molar-refractivity contribution is 5.26. The second kappa shape index (κ2) is 4.01. The van der Waals surface area contributed by atoms with Crippen LogP contribution in [-0.4, -0.2) is 12.7 Å². The summed E-state index contributed by atoms with van der Waals surface area (Å²) in [5.41, 5.74) is 0.777. The third-order valence-electron chi connectivity index (χ3n) is 5.71. The molecule has 0 amide bonds. The lowest BCUT2D eigenvalue weighted by atomic mass is 10.0. The van der Waals surface area contributed by atoms with Gasteiger partial charge in [0.05, 0.1) is 6.10 Å². The SMILES string of the molecule is CCCCCCOC1C2CC3C1C3(CC)C2. The molecule has 0 heterocycles. The minimum atomic E-state index is 0.673. The molecule has 0 N–H and O–H groups in total. The maximum absolute atomic E-state index is 6.18. The first kappa shape index (κ1) is 11.1. The molecule has 4 bridgehead atoms. The monoisotopic (exact) mass is 222 g/mol. The van der Waals surface area contributed by atoms with Crippen LogP contribution in [0.4, 0.5) is 0 Å². The van der Waals surface area contributed by atoms with Crippen LogP contribution in [0.5, 0.6) is 0 Å². The molecule has 0 aromatic carbocycles. The van der Waals surface area contributed by atoms with Crippen molar-refractivity contribution < 1.29 is 4.74 Å². The first-order valence-electron chi connectivity index (χ1n) is 7.45. The van der Waals surface area contributed by atoms with Crippen LogP contribution in [0.2, 0.25) is 0 Å². The summed E-state index contributed by atoms with van der Waals surface area (Å²) in [7, 11) is 0. The van der Waals surface area contributed by atoms with Gasteiger partial charge in [0.2, 0.25) is 0 Å². The second-order valence-electron chi connectivity index (χ2n) is 6.31. The lowest BCUT2D eigenvalue weighted by molar-refractivity contribution is 0.0247. The van der Waals surface area contributed by atoms with Gasteiger partial charge in [-0.15, -0.1) is 0 Å². The van der Waals surface area contributed by atoms with Gasteiger partial charge in [0.25, 0.3) is 0 Å². The van der Waals surface area contributed by atoms with Gasteiger partial charge >= 0.3 is 0 Å². The summed E-state index contributed by atoms with van der Waals surface area (Å²) in [4.78, 5) is 0.